The van der Waals surface area contributed by atoms with E-state index in [0.717, 1.165) is 26.2 Å². The molecule has 1 aliphatic rings. The first-order chi connectivity index (χ1) is 5.93. The van der Waals surface area contributed by atoms with Gasteiger partial charge in [0.2, 0.25) is 0 Å². The summed E-state index contributed by atoms with van der Waals surface area (Å²) in [6.45, 7) is 7.02. The summed E-state index contributed by atoms with van der Waals surface area (Å²) >= 11 is 0. The van der Waals surface area contributed by atoms with E-state index >= 15 is 0 Å². The molecule has 3 N–H and O–H groups in total. The molecule has 0 aromatic heterocycles. The molecule has 0 radical (unpaired) electrons. The molecule has 1 heterocycles. The number of hydrogen-bond donors (Lipinski definition) is 3. The van der Waals surface area contributed by atoms with Crippen molar-refractivity contribution in [3.8, 4) is 0 Å². The van der Waals surface area contributed by atoms with Gasteiger partial charge in [-0.05, 0) is 19.5 Å². The molecule has 0 aromatic carbocycles. The molecule has 5 nitrogen and oxygen atoms in total. The SMILES string of the molecule is C=NNOC1CNCCCNC1. The first-order valence-electron chi connectivity index (χ1n) is 4.21. The summed E-state index contributed by atoms with van der Waals surface area (Å²) in [5.41, 5.74) is 2.40. The fourth-order valence-corrected chi connectivity index (χ4v) is 1.13. The van der Waals surface area contributed by atoms with Crippen LogP contribution in [0.3, 0.4) is 0 Å². The molecule has 0 atom stereocenters. The lowest BCUT2D eigenvalue weighted by Crippen LogP contribution is -2.43. The second kappa shape index (κ2) is 5.93. The highest BCUT2D eigenvalue weighted by Crippen LogP contribution is 1.89. The summed E-state index contributed by atoms with van der Waals surface area (Å²) in [6.07, 6.45) is 1.29. The van der Waals surface area contributed by atoms with Crippen LogP contribution in [0.1, 0.15) is 6.42 Å². The molecule has 1 aliphatic heterocycles. The zero-order chi connectivity index (χ0) is 8.65. The third-order valence-electron chi connectivity index (χ3n) is 1.74. The van der Waals surface area contributed by atoms with Crippen LogP contribution in [-0.2, 0) is 4.84 Å². The van der Waals surface area contributed by atoms with Gasteiger partial charge in [0.05, 0.1) is 0 Å². The van der Waals surface area contributed by atoms with E-state index in [1.54, 1.807) is 0 Å². The smallest absolute Gasteiger partial charge is 0.112 e. The monoisotopic (exact) mass is 172 g/mol. The maximum absolute atomic E-state index is 5.16. The van der Waals surface area contributed by atoms with Crippen LogP contribution < -0.4 is 16.2 Å². The maximum atomic E-state index is 5.16. The molecule has 0 bridgehead atoms. The number of nitrogens with zero attached hydrogens (tertiary/aromatic N) is 1. The van der Waals surface area contributed by atoms with Gasteiger partial charge in [-0.2, -0.15) is 10.7 Å². The van der Waals surface area contributed by atoms with Crippen molar-refractivity contribution in [3.63, 3.8) is 0 Å². The highest BCUT2D eigenvalue weighted by Gasteiger charge is 2.10. The molecule has 5 heteroatoms. The fraction of sp³-hybridized carbons (Fsp3) is 0.857. The van der Waals surface area contributed by atoms with Crippen molar-refractivity contribution >= 4 is 6.72 Å². The van der Waals surface area contributed by atoms with Crippen LogP contribution in [0.2, 0.25) is 0 Å². The second-order valence-electron chi connectivity index (χ2n) is 2.75. The molecule has 0 saturated carbocycles. The van der Waals surface area contributed by atoms with Gasteiger partial charge in [-0.15, -0.1) is 0 Å². The largest absolute Gasteiger partial charge is 0.314 e. The van der Waals surface area contributed by atoms with E-state index in [0.29, 0.717) is 0 Å². The van der Waals surface area contributed by atoms with Crippen molar-refractivity contribution in [3.05, 3.63) is 0 Å². The number of rotatable bonds is 3. The Bertz CT molecular complexity index is 123. The topological polar surface area (TPSA) is 57.7 Å². The molecule has 12 heavy (non-hydrogen) atoms. The zero-order valence-electron chi connectivity index (χ0n) is 7.18. The van der Waals surface area contributed by atoms with Gasteiger partial charge < -0.3 is 10.6 Å². The summed E-state index contributed by atoms with van der Waals surface area (Å²) in [7, 11) is 0. The van der Waals surface area contributed by atoms with Gasteiger partial charge in [0, 0.05) is 19.8 Å². The van der Waals surface area contributed by atoms with Crippen molar-refractivity contribution < 1.29 is 4.84 Å². The van der Waals surface area contributed by atoms with Gasteiger partial charge >= 0.3 is 0 Å². The van der Waals surface area contributed by atoms with Crippen molar-refractivity contribution in [1.29, 1.82) is 0 Å². The van der Waals surface area contributed by atoms with Gasteiger partial charge in [-0.25, -0.2) is 0 Å². The zero-order valence-corrected chi connectivity index (χ0v) is 7.18. The van der Waals surface area contributed by atoms with E-state index in [-0.39, 0.29) is 6.10 Å². The minimum Gasteiger partial charge on any atom is -0.314 e. The molecule has 0 amide bonds. The Kier molecular flexibility index (Phi) is 4.67. The minimum absolute atomic E-state index is 0.121. The summed E-state index contributed by atoms with van der Waals surface area (Å²) in [5, 5.41) is 9.96. The maximum Gasteiger partial charge on any atom is 0.112 e. The summed E-state index contributed by atoms with van der Waals surface area (Å²) in [4.78, 5) is 5.16. The molecule has 1 rings (SSSR count). The highest BCUT2D eigenvalue weighted by atomic mass is 16.7. The predicted octanol–water partition coefficient (Wildman–Crippen LogP) is -0.925. The summed E-state index contributed by atoms with van der Waals surface area (Å²) in [5.74, 6) is 0. The molecule has 70 valence electrons. The van der Waals surface area contributed by atoms with Gasteiger partial charge in [-0.3, -0.25) is 4.84 Å². The molecule has 1 fully saturated rings. The van der Waals surface area contributed by atoms with Crippen LogP contribution in [0.5, 0.6) is 0 Å². The first-order valence-corrected chi connectivity index (χ1v) is 4.21. The van der Waals surface area contributed by atoms with E-state index in [1.165, 1.54) is 6.42 Å². The van der Waals surface area contributed by atoms with Crippen molar-refractivity contribution in [1.82, 2.24) is 16.2 Å². The van der Waals surface area contributed by atoms with Gasteiger partial charge in [0.1, 0.15) is 6.10 Å². The Morgan fingerprint density at radius 2 is 2.00 bits per heavy atom. The molecule has 0 aromatic rings. The predicted molar refractivity (Wildman–Crippen MR) is 47.9 cm³/mol. The Balaban J connectivity index is 2.15. The number of nitrogens with one attached hydrogen (secondary N) is 3. The van der Waals surface area contributed by atoms with Gasteiger partial charge in [0.15, 0.2) is 0 Å². The molecular weight excluding hydrogens is 156 g/mol. The molecule has 0 spiro atoms. The second-order valence-corrected chi connectivity index (χ2v) is 2.75. The van der Waals surface area contributed by atoms with Crippen molar-refractivity contribution in [2.24, 2.45) is 5.10 Å². The van der Waals surface area contributed by atoms with Crippen LogP contribution >= 0.6 is 0 Å². The number of hydrazone groups is 1. The van der Waals surface area contributed by atoms with Gasteiger partial charge in [-0.1, -0.05) is 0 Å². The molecular formula is C7H16N4O. The van der Waals surface area contributed by atoms with Crippen LogP contribution in [0.4, 0.5) is 0 Å². The lowest BCUT2D eigenvalue weighted by molar-refractivity contribution is -0.0225. The Morgan fingerprint density at radius 3 is 2.58 bits per heavy atom. The lowest BCUT2D eigenvalue weighted by atomic mass is 10.3. The Hall–Kier alpha value is -0.650. The quantitative estimate of drug-likeness (QED) is 0.380. The standard InChI is InChI=1S/C7H16N4O/c1-8-11-12-7-5-9-3-2-4-10-6-7/h7,9-11H,1-6H2. The van der Waals surface area contributed by atoms with Crippen LogP contribution in [-0.4, -0.2) is 39.0 Å². The molecule has 0 unspecified atom stereocenters. The van der Waals surface area contributed by atoms with E-state index in [2.05, 4.69) is 28.0 Å². The Morgan fingerprint density at radius 1 is 1.33 bits per heavy atom. The minimum atomic E-state index is 0.121. The number of hydrogen-bond acceptors (Lipinski definition) is 5. The van der Waals surface area contributed by atoms with Crippen LogP contribution in [0.15, 0.2) is 5.10 Å². The van der Waals surface area contributed by atoms with E-state index < -0.39 is 0 Å². The molecule has 1 saturated heterocycles. The third-order valence-corrected chi connectivity index (χ3v) is 1.74. The van der Waals surface area contributed by atoms with Gasteiger partial charge in [0.25, 0.3) is 0 Å². The average molecular weight is 172 g/mol. The highest BCUT2D eigenvalue weighted by molar-refractivity contribution is 5.21. The van der Waals surface area contributed by atoms with E-state index in [4.69, 9.17) is 4.84 Å². The average Bonchev–Trinajstić information content (AvgIpc) is 2.02. The third kappa shape index (κ3) is 3.66. The molecule has 0 aliphatic carbocycles. The van der Waals surface area contributed by atoms with Crippen LogP contribution in [0, 0.1) is 0 Å². The van der Waals surface area contributed by atoms with Crippen molar-refractivity contribution in [2.75, 3.05) is 26.2 Å². The van der Waals surface area contributed by atoms with E-state index in [1.807, 2.05) is 0 Å². The normalized spacial score (nSPS) is 21.0. The Labute approximate surface area is 72.5 Å². The summed E-state index contributed by atoms with van der Waals surface area (Å²) in [6, 6.07) is 0. The van der Waals surface area contributed by atoms with E-state index in [9.17, 15) is 0 Å². The fourth-order valence-electron chi connectivity index (χ4n) is 1.13. The summed E-state index contributed by atoms with van der Waals surface area (Å²) < 4.78 is 0. The first kappa shape index (κ1) is 9.44. The van der Waals surface area contributed by atoms with Crippen molar-refractivity contribution in [2.45, 2.75) is 12.5 Å². The lowest BCUT2D eigenvalue weighted by Gasteiger charge is -2.20. The van der Waals surface area contributed by atoms with Crippen LogP contribution in [0.25, 0.3) is 0 Å².